The third kappa shape index (κ3) is 3.00. The van der Waals surface area contributed by atoms with Gasteiger partial charge in [0.25, 0.3) is 0 Å². The van der Waals surface area contributed by atoms with E-state index in [1.807, 2.05) is 0 Å². The van der Waals surface area contributed by atoms with Crippen molar-refractivity contribution in [3.05, 3.63) is 48.3 Å². The number of hydrogen-bond donors (Lipinski definition) is 1. The van der Waals surface area contributed by atoms with Gasteiger partial charge in [0.15, 0.2) is 0 Å². The summed E-state index contributed by atoms with van der Waals surface area (Å²) in [6.45, 7) is 0.563. The molecule has 0 fully saturated rings. The highest BCUT2D eigenvalue weighted by Gasteiger charge is 2.06. The Balaban J connectivity index is 2.04. The Morgan fingerprint density at radius 3 is 2.72 bits per heavy atom. The highest BCUT2D eigenvalue weighted by molar-refractivity contribution is 5.89. The normalized spacial score (nSPS) is 9.83. The first-order chi connectivity index (χ1) is 8.79. The maximum Gasteiger partial charge on any atom is 0.339 e. The Kier molecular flexibility index (Phi) is 3.80. The number of rotatable bonds is 4. The number of aromatic nitrogens is 3. The fourth-order valence-electron chi connectivity index (χ4n) is 1.39. The molecule has 0 aliphatic rings. The molecule has 18 heavy (non-hydrogen) atoms. The molecule has 6 nitrogen and oxygen atoms in total. The van der Waals surface area contributed by atoms with Gasteiger partial charge in [-0.1, -0.05) is 0 Å². The highest BCUT2D eigenvalue weighted by Crippen LogP contribution is 2.10. The van der Waals surface area contributed by atoms with Crippen LogP contribution in [0.5, 0.6) is 0 Å². The molecule has 0 aliphatic heterocycles. The Hall–Kier alpha value is -2.50. The first kappa shape index (κ1) is 12.0. The largest absolute Gasteiger partial charge is 0.465 e. The number of carbonyl (C=O) groups is 1. The second-order valence-electron chi connectivity index (χ2n) is 3.55. The lowest BCUT2D eigenvalue weighted by molar-refractivity contribution is 0.0600. The first-order valence-electron chi connectivity index (χ1n) is 5.30. The van der Waals surface area contributed by atoms with Crippen LogP contribution >= 0.6 is 0 Å². The summed E-state index contributed by atoms with van der Waals surface area (Å²) in [4.78, 5) is 23.1. The SMILES string of the molecule is COC(=O)c1cncc(NCc2cncnc2)c1. The molecule has 0 bridgehead atoms. The number of nitrogens with one attached hydrogen (secondary N) is 1. The van der Waals surface area contributed by atoms with Crippen molar-refractivity contribution < 1.29 is 9.53 Å². The van der Waals surface area contributed by atoms with E-state index in [4.69, 9.17) is 0 Å². The van der Waals surface area contributed by atoms with Crippen LogP contribution in [0.4, 0.5) is 5.69 Å². The maximum atomic E-state index is 11.3. The molecule has 0 aromatic carbocycles. The molecule has 92 valence electrons. The van der Waals surface area contributed by atoms with Crippen LogP contribution in [0.3, 0.4) is 0 Å². The van der Waals surface area contributed by atoms with Crippen LogP contribution in [0.1, 0.15) is 15.9 Å². The van der Waals surface area contributed by atoms with Crippen LogP contribution < -0.4 is 5.32 Å². The molecule has 1 N–H and O–H groups in total. The molecule has 2 heterocycles. The second kappa shape index (κ2) is 5.72. The van der Waals surface area contributed by atoms with Gasteiger partial charge in [0.1, 0.15) is 6.33 Å². The van der Waals surface area contributed by atoms with Gasteiger partial charge in [0.05, 0.1) is 18.4 Å². The van der Waals surface area contributed by atoms with Crippen LogP contribution in [-0.2, 0) is 11.3 Å². The van der Waals surface area contributed by atoms with Crippen LogP contribution in [-0.4, -0.2) is 28.0 Å². The van der Waals surface area contributed by atoms with E-state index in [-0.39, 0.29) is 0 Å². The van der Waals surface area contributed by atoms with E-state index in [9.17, 15) is 4.79 Å². The summed E-state index contributed by atoms with van der Waals surface area (Å²) in [6, 6.07) is 1.68. The Labute approximate surface area is 104 Å². The summed E-state index contributed by atoms with van der Waals surface area (Å²) in [6.07, 6.45) is 8.01. The van der Waals surface area contributed by atoms with Gasteiger partial charge in [0, 0.05) is 36.9 Å². The standard InChI is InChI=1S/C12H12N4O2/c1-18-12(17)10-2-11(7-13-6-10)16-5-9-3-14-8-15-4-9/h2-4,6-8,16H,5H2,1H3. The van der Waals surface area contributed by atoms with Crippen LogP contribution in [0.25, 0.3) is 0 Å². The number of methoxy groups -OCH3 is 1. The van der Waals surface area contributed by atoms with Gasteiger partial charge < -0.3 is 10.1 Å². The lowest BCUT2D eigenvalue weighted by atomic mass is 10.2. The second-order valence-corrected chi connectivity index (χ2v) is 3.55. The molecule has 2 aromatic heterocycles. The molecule has 0 saturated carbocycles. The quantitative estimate of drug-likeness (QED) is 0.816. The Bertz CT molecular complexity index is 531. The zero-order valence-corrected chi connectivity index (χ0v) is 9.83. The first-order valence-corrected chi connectivity index (χ1v) is 5.30. The van der Waals surface area contributed by atoms with E-state index in [0.717, 1.165) is 11.3 Å². The number of carbonyl (C=O) groups excluding carboxylic acids is 1. The van der Waals surface area contributed by atoms with Gasteiger partial charge in [-0.25, -0.2) is 14.8 Å². The summed E-state index contributed by atoms with van der Waals surface area (Å²) in [5.41, 5.74) is 2.09. The fourth-order valence-corrected chi connectivity index (χ4v) is 1.39. The Morgan fingerprint density at radius 2 is 2.00 bits per heavy atom. The molecular weight excluding hydrogens is 232 g/mol. The topological polar surface area (TPSA) is 77.0 Å². The van der Waals surface area contributed by atoms with Crippen LogP contribution in [0.2, 0.25) is 0 Å². The molecule has 2 aromatic rings. The number of anilines is 1. The van der Waals surface area contributed by atoms with E-state index in [2.05, 4.69) is 25.0 Å². The highest BCUT2D eigenvalue weighted by atomic mass is 16.5. The van der Waals surface area contributed by atoms with Crippen molar-refractivity contribution in [2.75, 3.05) is 12.4 Å². The predicted molar refractivity (Wildman–Crippen MR) is 64.9 cm³/mol. The van der Waals surface area contributed by atoms with Crippen molar-refractivity contribution >= 4 is 11.7 Å². The maximum absolute atomic E-state index is 11.3. The minimum absolute atomic E-state index is 0.408. The summed E-state index contributed by atoms with van der Waals surface area (Å²) in [5.74, 6) is -0.408. The lowest BCUT2D eigenvalue weighted by Gasteiger charge is -2.06. The van der Waals surface area contributed by atoms with Crippen molar-refractivity contribution in [1.82, 2.24) is 15.0 Å². The van der Waals surface area contributed by atoms with E-state index in [1.165, 1.54) is 19.6 Å². The van der Waals surface area contributed by atoms with Gasteiger partial charge in [0.2, 0.25) is 0 Å². The zero-order chi connectivity index (χ0) is 12.8. The Morgan fingerprint density at radius 1 is 1.22 bits per heavy atom. The number of hydrogen-bond acceptors (Lipinski definition) is 6. The van der Waals surface area contributed by atoms with Crippen molar-refractivity contribution in [3.8, 4) is 0 Å². The third-order valence-electron chi connectivity index (χ3n) is 2.27. The number of ether oxygens (including phenoxy) is 1. The molecule has 0 atom stereocenters. The lowest BCUT2D eigenvalue weighted by Crippen LogP contribution is -2.05. The van der Waals surface area contributed by atoms with Crippen LogP contribution in [0.15, 0.2) is 37.2 Å². The smallest absolute Gasteiger partial charge is 0.339 e. The summed E-state index contributed by atoms with van der Waals surface area (Å²) in [5, 5.41) is 3.13. The summed E-state index contributed by atoms with van der Waals surface area (Å²) >= 11 is 0. The average Bonchev–Trinajstić information content (AvgIpc) is 2.45. The van der Waals surface area contributed by atoms with E-state index in [1.54, 1.807) is 24.7 Å². The molecule has 0 amide bonds. The van der Waals surface area contributed by atoms with Gasteiger partial charge in [-0.05, 0) is 6.07 Å². The molecule has 2 rings (SSSR count). The van der Waals surface area contributed by atoms with E-state index >= 15 is 0 Å². The molecule has 0 radical (unpaired) electrons. The van der Waals surface area contributed by atoms with Crippen molar-refractivity contribution in [2.24, 2.45) is 0 Å². The number of pyridine rings is 1. The summed E-state index contributed by atoms with van der Waals surface area (Å²) in [7, 11) is 1.34. The van der Waals surface area contributed by atoms with Crippen molar-refractivity contribution in [2.45, 2.75) is 6.54 Å². The van der Waals surface area contributed by atoms with Crippen LogP contribution in [0, 0.1) is 0 Å². The average molecular weight is 244 g/mol. The summed E-state index contributed by atoms with van der Waals surface area (Å²) < 4.78 is 4.63. The van der Waals surface area contributed by atoms with Gasteiger partial charge in [-0.3, -0.25) is 4.98 Å². The zero-order valence-electron chi connectivity index (χ0n) is 9.83. The van der Waals surface area contributed by atoms with Gasteiger partial charge in [-0.15, -0.1) is 0 Å². The third-order valence-corrected chi connectivity index (χ3v) is 2.27. The minimum Gasteiger partial charge on any atom is -0.465 e. The van der Waals surface area contributed by atoms with E-state index < -0.39 is 5.97 Å². The molecule has 0 spiro atoms. The molecule has 6 heteroatoms. The number of nitrogens with zero attached hydrogens (tertiary/aromatic N) is 3. The molecule has 0 aliphatic carbocycles. The molecule has 0 saturated heterocycles. The van der Waals surface area contributed by atoms with Gasteiger partial charge >= 0.3 is 5.97 Å². The molecular formula is C12H12N4O2. The van der Waals surface area contributed by atoms with Crippen molar-refractivity contribution in [1.29, 1.82) is 0 Å². The number of esters is 1. The predicted octanol–water partition coefficient (Wildman–Crippen LogP) is 1.27. The van der Waals surface area contributed by atoms with Gasteiger partial charge in [-0.2, -0.15) is 0 Å². The van der Waals surface area contributed by atoms with E-state index in [0.29, 0.717) is 12.1 Å². The van der Waals surface area contributed by atoms with Crippen molar-refractivity contribution in [3.63, 3.8) is 0 Å². The fraction of sp³-hybridized carbons (Fsp3) is 0.167. The minimum atomic E-state index is -0.408. The molecule has 0 unspecified atom stereocenters. The monoisotopic (exact) mass is 244 g/mol.